The van der Waals surface area contributed by atoms with Crippen molar-refractivity contribution >= 4 is 15.7 Å². The van der Waals surface area contributed by atoms with Gasteiger partial charge in [-0.3, -0.25) is 0 Å². The van der Waals surface area contributed by atoms with Gasteiger partial charge in [-0.1, -0.05) is 24.3 Å². The SMILES string of the molecule is Cc1ncc(-c2ccc(C)c(S(=O)(=O)N3CCN(c4ccccc4F)CC3)c2)o1. The topological polar surface area (TPSA) is 66.7 Å². The van der Waals surface area contributed by atoms with E-state index in [-0.39, 0.29) is 10.7 Å². The quantitative estimate of drug-likeness (QED) is 0.651. The highest BCUT2D eigenvalue weighted by Crippen LogP contribution is 2.29. The summed E-state index contributed by atoms with van der Waals surface area (Å²) in [5.74, 6) is 0.757. The Hall–Kier alpha value is -2.71. The number of oxazole rings is 1. The number of aryl methyl sites for hydroxylation is 2. The second-order valence-corrected chi connectivity index (χ2v) is 8.97. The minimum Gasteiger partial charge on any atom is -0.441 e. The Morgan fingerprint density at radius 1 is 1.03 bits per heavy atom. The van der Waals surface area contributed by atoms with E-state index in [1.54, 1.807) is 50.4 Å². The van der Waals surface area contributed by atoms with Gasteiger partial charge in [0.25, 0.3) is 0 Å². The lowest BCUT2D eigenvalue weighted by molar-refractivity contribution is 0.383. The molecule has 0 unspecified atom stereocenters. The molecule has 2 heterocycles. The van der Waals surface area contributed by atoms with Crippen molar-refractivity contribution in [1.82, 2.24) is 9.29 Å². The average Bonchev–Trinajstić information content (AvgIpc) is 3.15. The third-order valence-electron chi connectivity index (χ3n) is 5.14. The fourth-order valence-electron chi connectivity index (χ4n) is 3.54. The minimum atomic E-state index is -3.68. The first kappa shape index (κ1) is 19.6. The van der Waals surface area contributed by atoms with E-state index in [2.05, 4.69) is 4.98 Å². The molecule has 0 aliphatic carbocycles. The van der Waals surface area contributed by atoms with Gasteiger partial charge >= 0.3 is 0 Å². The number of piperazine rings is 1. The number of sulfonamides is 1. The molecule has 152 valence electrons. The van der Waals surface area contributed by atoms with Crippen LogP contribution < -0.4 is 4.90 Å². The van der Waals surface area contributed by atoms with Crippen LogP contribution in [0.1, 0.15) is 11.5 Å². The zero-order valence-corrected chi connectivity index (χ0v) is 17.1. The summed E-state index contributed by atoms with van der Waals surface area (Å²) in [7, 11) is -3.68. The summed E-state index contributed by atoms with van der Waals surface area (Å²) in [6.07, 6.45) is 1.59. The van der Waals surface area contributed by atoms with Gasteiger partial charge in [0, 0.05) is 38.7 Å². The molecule has 3 aromatic rings. The Morgan fingerprint density at radius 2 is 1.76 bits per heavy atom. The second kappa shape index (κ2) is 7.61. The molecular formula is C21H22FN3O3S. The zero-order valence-electron chi connectivity index (χ0n) is 16.3. The molecule has 0 atom stereocenters. The number of benzene rings is 2. The summed E-state index contributed by atoms with van der Waals surface area (Å²) in [6.45, 7) is 4.96. The molecular weight excluding hydrogens is 393 g/mol. The molecule has 6 nitrogen and oxygen atoms in total. The summed E-state index contributed by atoms with van der Waals surface area (Å²) >= 11 is 0. The highest BCUT2D eigenvalue weighted by atomic mass is 32.2. The lowest BCUT2D eigenvalue weighted by Gasteiger charge is -2.35. The molecule has 8 heteroatoms. The van der Waals surface area contributed by atoms with Gasteiger partial charge in [-0.2, -0.15) is 4.31 Å². The number of para-hydroxylation sites is 1. The maximum Gasteiger partial charge on any atom is 0.243 e. The van der Waals surface area contributed by atoms with Crippen molar-refractivity contribution in [1.29, 1.82) is 0 Å². The summed E-state index contributed by atoms with van der Waals surface area (Å²) < 4.78 is 47.6. The molecule has 4 rings (SSSR count). The van der Waals surface area contributed by atoms with Gasteiger partial charge in [0.2, 0.25) is 10.0 Å². The molecule has 0 N–H and O–H groups in total. The van der Waals surface area contributed by atoms with Crippen LogP contribution in [-0.2, 0) is 10.0 Å². The van der Waals surface area contributed by atoms with Gasteiger partial charge in [0.15, 0.2) is 11.7 Å². The van der Waals surface area contributed by atoms with Crippen molar-refractivity contribution in [3.05, 3.63) is 65.9 Å². The van der Waals surface area contributed by atoms with Crippen molar-refractivity contribution in [3.8, 4) is 11.3 Å². The molecule has 29 heavy (non-hydrogen) atoms. The first-order chi connectivity index (χ1) is 13.9. The smallest absolute Gasteiger partial charge is 0.243 e. The normalized spacial score (nSPS) is 15.6. The fraction of sp³-hybridized carbons (Fsp3) is 0.286. The number of hydrogen-bond donors (Lipinski definition) is 0. The van der Waals surface area contributed by atoms with Crippen LogP contribution in [0.4, 0.5) is 10.1 Å². The summed E-state index contributed by atoms with van der Waals surface area (Å²) in [4.78, 5) is 6.21. The van der Waals surface area contributed by atoms with Gasteiger partial charge < -0.3 is 9.32 Å². The van der Waals surface area contributed by atoms with Gasteiger partial charge in [-0.25, -0.2) is 17.8 Å². The van der Waals surface area contributed by atoms with Gasteiger partial charge in [-0.05, 0) is 30.7 Å². The van der Waals surface area contributed by atoms with Crippen LogP contribution in [0.5, 0.6) is 0 Å². The van der Waals surface area contributed by atoms with Crippen LogP contribution >= 0.6 is 0 Å². The van der Waals surface area contributed by atoms with Gasteiger partial charge in [0.1, 0.15) is 5.82 Å². The lowest BCUT2D eigenvalue weighted by atomic mass is 10.1. The molecule has 1 saturated heterocycles. The first-order valence-corrected chi connectivity index (χ1v) is 10.8. The van der Waals surface area contributed by atoms with E-state index in [0.717, 1.165) is 0 Å². The van der Waals surface area contributed by atoms with E-state index in [4.69, 9.17) is 4.42 Å². The molecule has 0 saturated carbocycles. The Balaban J connectivity index is 1.57. The lowest BCUT2D eigenvalue weighted by Crippen LogP contribution is -2.49. The van der Waals surface area contributed by atoms with Crippen LogP contribution in [0.3, 0.4) is 0 Å². The maximum absolute atomic E-state index is 14.0. The predicted molar refractivity (Wildman–Crippen MR) is 109 cm³/mol. The van der Waals surface area contributed by atoms with Crippen LogP contribution in [0.15, 0.2) is 58.0 Å². The first-order valence-electron chi connectivity index (χ1n) is 9.39. The summed E-state index contributed by atoms with van der Waals surface area (Å²) in [6, 6.07) is 11.8. The van der Waals surface area contributed by atoms with E-state index in [0.29, 0.717) is 54.6 Å². The number of nitrogens with zero attached hydrogens (tertiary/aromatic N) is 3. The van der Waals surface area contributed by atoms with E-state index in [1.165, 1.54) is 10.4 Å². The van der Waals surface area contributed by atoms with Gasteiger partial charge in [-0.15, -0.1) is 0 Å². The molecule has 2 aromatic carbocycles. The molecule has 0 amide bonds. The molecule has 1 aliphatic rings. The average molecular weight is 415 g/mol. The Morgan fingerprint density at radius 3 is 2.41 bits per heavy atom. The zero-order chi connectivity index (χ0) is 20.6. The molecule has 0 bridgehead atoms. The number of halogens is 1. The molecule has 1 aromatic heterocycles. The highest BCUT2D eigenvalue weighted by molar-refractivity contribution is 7.89. The monoisotopic (exact) mass is 415 g/mol. The third kappa shape index (κ3) is 3.77. The molecule has 0 spiro atoms. The summed E-state index contributed by atoms with van der Waals surface area (Å²) in [5.41, 5.74) is 1.84. The maximum atomic E-state index is 14.0. The Labute approximate surface area is 169 Å². The van der Waals surface area contributed by atoms with E-state index in [1.807, 2.05) is 11.0 Å². The Kier molecular flexibility index (Phi) is 5.14. The summed E-state index contributed by atoms with van der Waals surface area (Å²) in [5, 5.41) is 0. The standard InChI is InChI=1S/C21H22FN3O3S/c1-15-7-8-17(20-14-23-16(2)28-20)13-21(15)29(26,27)25-11-9-24(10-12-25)19-6-4-3-5-18(19)22/h3-8,13-14H,9-12H2,1-2H3. The van der Waals surface area contributed by atoms with Crippen LogP contribution in [0.25, 0.3) is 11.3 Å². The van der Waals surface area contributed by atoms with Crippen molar-refractivity contribution in [2.75, 3.05) is 31.1 Å². The van der Waals surface area contributed by atoms with E-state index >= 15 is 0 Å². The molecule has 0 radical (unpaired) electrons. The van der Waals surface area contributed by atoms with Crippen molar-refractivity contribution in [2.24, 2.45) is 0 Å². The van der Waals surface area contributed by atoms with Crippen molar-refractivity contribution in [3.63, 3.8) is 0 Å². The van der Waals surface area contributed by atoms with E-state index in [9.17, 15) is 12.8 Å². The Bertz CT molecular complexity index is 1140. The van der Waals surface area contributed by atoms with Crippen LogP contribution in [0, 0.1) is 19.7 Å². The van der Waals surface area contributed by atoms with Crippen molar-refractivity contribution in [2.45, 2.75) is 18.7 Å². The largest absolute Gasteiger partial charge is 0.441 e. The highest BCUT2D eigenvalue weighted by Gasteiger charge is 2.30. The number of anilines is 1. The third-order valence-corrected chi connectivity index (χ3v) is 7.18. The number of hydrogen-bond acceptors (Lipinski definition) is 5. The predicted octanol–water partition coefficient (Wildman–Crippen LogP) is 3.61. The molecule has 1 aliphatic heterocycles. The van der Waals surface area contributed by atoms with Crippen molar-refractivity contribution < 1.29 is 17.2 Å². The van der Waals surface area contributed by atoms with E-state index < -0.39 is 10.0 Å². The minimum absolute atomic E-state index is 0.253. The number of rotatable bonds is 4. The van der Waals surface area contributed by atoms with Crippen LogP contribution in [-0.4, -0.2) is 43.9 Å². The second-order valence-electron chi connectivity index (χ2n) is 7.07. The van der Waals surface area contributed by atoms with Crippen LogP contribution in [0.2, 0.25) is 0 Å². The van der Waals surface area contributed by atoms with Gasteiger partial charge in [0.05, 0.1) is 16.8 Å². The fourth-order valence-corrected chi connectivity index (χ4v) is 5.22. The molecule has 1 fully saturated rings. The number of aromatic nitrogens is 1.